The number of methoxy groups -OCH3 is 1. The van der Waals surface area contributed by atoms with Gasteiger partial charge in [0.15, 0.2) is 0 Å². The number of carbonyl (C=O) groups excluding carboxylic acids is 1. The molecule has 1 amide bonds. The van der Waals surface area contributed by atoms with E-state index < -0.39 is 0 Å². The third-order valence-electron chi connectivity index (χ3n) is 5.43. The highest BCUT2D eigenvalue weighted by molar-refractivity contribution is 6.30. The molecule has 0 N–H and O–H groups in total. The van der Waals surface area contributed by atoms with E-state index in [4.69, 9.17) is 21.1 Å². The summed E-state index contributed by atoms with van der Waals surface area (Å²) in [6.07, 6.45) is 8.52. The number of hydrogen-bond donors (Lipinski definition) is 0. The monoisotopic (exact) mass is 408 g/mol. The van der Waals surface area contributed by atoms with Crippen LogP contribution in [0.15, 0.2) is 36.4 Å². The molecule has 0 heterocycles. The average molecular weight is 409 g/mol. The first-order valence-corrected chi connectivity index (χ1v) is 10.5. The Balaban J connectivity index is 1.73. The minimum Gasteiger partial charge on any atom is -0.410 e. The topological polar surface area (TPSA) is 42.0 Å². The third kappa shape index (κ3) is 7.46. The van der Waals surface area contributed by atoms with E-state index in [0.29, 0.717) is 16.7 Å². The van der Waals surface area contributed by atoms with Crippen LogP contribution in [0.5, 0.6) is 5.75 Å². The largest absolute Gasteiger partial charge is 0.415 e. The van der Waals surface area contributed by atoms with Gasteiger partial charge >= 0.3 is 6.09 Å². The van der Waals surface area contributed by atoms with Crippen molar-refractivity contribution in [3.05, 3.63) is 41.4 Å². The lowest BCUT2D eigenvalue weighted by Gasteiger charge is -2.33. The molecule has 0 spiro atoms. The molecule has 2 rings (SSSR count). The first-order chi connectivity index (χ1) is 13.5. The zero-order valence-electron chi connectivity index (χ0n) is 17.3. The molecule has 1 aliphatic carbocycles. The number of ether oxygens (including phenoxy) is 2. The van der Waals surface area contributed by atoms with Gasteiger partial charge in [-0.1, -0.05) is 30.7 Å². The van der Waals surface area contributed by atoms with Crippen LogP contribution in [0.3, 0.4) is 0 Å². The van der Waals surface area contributed by atoms with Gasteiger partial charge in [-0.05, 0) is 62.4 Å². The Morgan fingerprint density at radius 1 is 1.21 bits per heavy atom. The summed E-state index contributed by atoms with van der Waals surface area (Å²) in [6.45, 7) is 5.90. The molecule has 1 fully saturated rings. The van der Waals surface area contributed by atoms with Gasteiger partial charge in [-0.3, -0.25) is 4.90 Å². The van der Waals surface area contributed by atoms with Crippen molar-refractivity contribution in [3.8, 4) is 5.75 Å². The van der Waals surface area contributed by atoms with Crippen LogP contribution < -0.4 is 4.74 Å². The van der Waals surface area contributed by atoms with E-state index in [2.05, 4.69) is 24.0 Å². The summed E-state index contributed by atoms with van der Waals surface area (Å²) < 4.78 is 10.6. The zero-order chi connectivity index (χ0) is 20.4. The molecule has 1 aromatic rings. The summed E-state index contributed by atoms with van der Waals surface area (Å²) in [5.41, 5.74) is 0. The lowest BCUT2D eigenvalue weighted by Crippen LogP contribution is -2.40. The Morgan fingerprint density at radius 2 is 1.89 bits per heavy atom. The highest BCUT2D eigenvalue weighted by Gasteiger charge is 2.26. The van der Waals surface area contributed by atoms with Crippen LogP contribution in [0, 0.1) is 5.92 Å². The summed E-state index contributed by atoms with van der Waals surface area (Å²) in [5.74, 6) is 1.12. The molecule has 0 radical (unpaired) electrons. The maximum Gasteiger partial charge on any atom is 0.415 e. The van der Waals surface area contributed by atoms with Gasteiger partial charge in [-0.25, -0.2) is 4.79 Å². The Hall–Kier alpha value is -1.56. The minimum atomic E-state index is -0.307. The predicted octanol–water partition coefficient (Wildman–Crippen LogP) is 4.85. The second-order valence-corrected chi connectivity index (χ2v) is 7.75. The van der Waals surface area contributed by atoms with Crippen LogP contribution in [0.1, 0.15) is 32.6 Å². The number of benzene rings is 1. The fourth-order valence-corrected chi connectivity index (χ4v) is 3.63. The molecule has 1 aromatic carbocycles. The van der Waals surface area contributed by atoms with Gasteiger partial charge in [0.05, 0.1) is 6.61 Å². The van der Waals surface area contributed by atoms with Gasteiger partial charge < -0.3 is 14.4 Å². The van der Waals surface area contributed by atoms with E-state index in [9.17, 15) is 4.79 Å². The molecule has 0 bridgehead atoms. The number of carbonyl (C=O) groups is 1. The Bertz CT molecular complexity index is 613. The standard InChI is InChI=1S/C22H33ClN2O3/c1-4-25(16-17-27-3)15-5-6-18-7-11-20(12-8-18)24(2)22(26)28-21-13-9-19(23)10-14-21/h5-6,9-10,13-14,18,20H,4,7-8,11-12,15-17H2,1-3H3. The van der Waals surface area contributed by atoms with Crippen LogP contribution >= 0.6 is 11.6 Å². The Labute approximate surface area is 174 Å². The van der Waals surface area contributed by atoms with E-state index in [1.165, 1.54) is 0 Å². The van der Waals surface area contributed by atoms with Crippen molar-refractivity contribution >= 4 is 17.7 Å². The van der Waals surface area contributed by atoms with Crippen molar-refractivity contribution in [2.75, 3.05) is 40.4 Å². The first kappa shape index (κ1) is 22.7. The SMILES string of the molecule is CCN(CC=CC1CCC(N(C)C(=O)Oc2ccc(Cl)cc2)CC1)CCOC. The van der Waals surface area contributed by atoms with Crippen molar-refractivity contribution < 1.29 is 14.3 Å². The van der Waals surface area contributed by atoms with Crippen molar-refractivity contribution in [2.45, 2.75) is 38.6 Å². The number of rotatable bonds is 9. The summed E-state index contributed by atoms with van der Waals surface area (Å²) in [7, 11) is 3.57. The molecular formula is C22H33ClN2O3. The highest BCUT2D eigenvalue weighted by atomic mass is 35.5. The molecule has 0 unspecified atom stereocenters. The molecule has 0 aliphatic heterocycles. The number of likely N-dealkylation sites (N-methyl/N-ethyl adjacent to an activating group) is 1. The summed E-state index contributed by atoms with van der Waals surface area (Å²) >= 11 is 5.87. The number of hydrogen-bond acceptors (Lipinski definition) is 4. The minimum absolute atomic E-state index is 0.235. The summed E-state index contributed by atoms with van der Waals surface area (Å²) in [6, 6.07) is 7.09. The van der Waals surface area contributed by atoms with Crippen LogP contribution in [0.25, 0.3) is 0 Å². The van der Waals surface area contributed by atoms with E-state index in [0.717, 1.165) is 51.9 Å². The molecule has 0 aromatic heterocycles. The van der Waals surface area contributed by atoms with E-state index in [1.807, 2.05) is 7.05 Å². The van der Waals surface area contributed by atoms with Gasteiger partial charge in [0.25, 0.3) is 0 Å². The second kappa shape index (κ2) is 12.1. The molecule has 0 atom stereocenters. The lowest BCUT2D eigenvalue weighted by molar-refractivity contribution is 0.128. The van der Waals surface area contributed by atoms with Gasteiger partial charge in [0.1, 0.15) is 5.75 Å². The van der Waals surface area contributed by atoms with Crippen LogP contribution in [-0.2, 0) is 4.74 Å². The fraction of sp³-hybridized carbons (Fsp3) is 0.591. The number of halogens is 1. The molecule has 28 heavy (non-hydrogen) atoms. The van der Waals surface area contributed by atoms with Gasteiger partial charge in [0, 0.05) is 38.3 Å². The molecule has 5 nitrogen and oxygen atoms in total. The van der Waals surface area contributed by atoms with Crippen LogP contribution in [0.2, 0.25) is 5.02 Å². The fourth-order valence-electron chi connectivity index (χ4n) is 3.51. The Morgan fingerprint density at radius 3 is 2.50 bits per heavy atom. The number of allylic oxidation sites excluding steroid dienone is 1. The van der Waals surface area contributed by atoms with Crippen LogP contribution in [-0.4, -0.2) is 62.3 Å². The quantitative estimate of drug-likeness (QED) is 0.547. The third-order valence-corrected chi connectivity index (χ3v) is 5.68. The van der Waals surface area contributed by atoms with Crippen molar-refractivity contribution in [1.82, 2.24) is 9.80 Å². The molecule has 1 saturated carbocycles. The maximum absolute atomic E-state index is 12.4. The number of amides is 1. The Kier molecular flexibility index (Phi) is 9.82. The van der Waals surface area contributed by atoms with Crippen molar-refractivity contribution in [3.63, 3.8) is 0 Å². The van der Waals surface area contributed by atoms with E-state index >= 15 is 0 Å². The summed E-state index contributed by atoms with van der Waals surface area (Å²) in [5, 5.41) is 0.625. The predicted molar refractivity (Wildman–Crippen MR) is 114 cm³/mol. The highest BCUT2D eigenvalue weighted by Crippen LogP contribution is 2.28. The second-order valence-electron chi connectivity index (χ2n) is 7.32. The molecular weight excluding hydrogens is 376 g/mol. The first-order valence-electron chi connectivity index (χ1n) is 10.1. The normalized spacial score (nSPS) is 19.9. The molecule has 0 saturated heterocycles. The maximum atomic E-state index is 12.4. The van der Waals surface area contributed by atoms with Crippen LogP contribution in [0.4, 0.5) is 4.79 Å². The molecule has 156 valence electrons. The average Bonchev–Trinajstić information content (AvgIpc) is 2.72. The van der Waals surface area contributed by atoms with E-state index in [-0.39, 0.29) is 12.1 Å². The molecule has 6 heteroatoms. The van der Waals surface area contributed by atoms with Crippen molar-refractivity contribution in [1.29, 1.82) is 0 Å². The van der Waals surface area contributed by atoms with Gasteiger partial charge in [0.2, 0.25) is 0 Å². The molecule has 1 aliphatic rings. The van der Waals surface area contributed by atoms with Gasteiger partial charge in [-0.15, -0.1) is 0 Å². The smallest absolute Gasteiger partial charge is 0.410 e. The summed E-state index contributed by atoms with van der Waals surface area (Å²) in [4.78, 5) is 16.5. The zero-order valence-corrected chi connectivity index (χ0v) is 18.0. The number of nitrogens with zero attached hydrogens (tertiary/aromatic N) is 2. The lowest BCUT2D eigenvalue weighted by atomic mass is 9.85. The van der Waals surface area contributed by atoms with Gasteiger partial charge in [-0.2, -0.15) is 0 Å². The van der Waals surface area contributed by atoms with Crippen molar-refractivity contribution in [2.24, 2.45) is 5.92 Å². The van der Waals surface area contributed by atoms with E-state index in [1.54, 1.807) is 36.3 Å².